The van der Waals surface area contributed by atoms with Crippen molar-refractivity contribution in [2.45, 2.75) is 19.3 Å². The van der Waals surface area contributed by atoms with Gasteiger partial charge in [-0.15, -0.1) is 0 Å². The van der Waals surface area contributed by atoms with E-state index in [0.29, 0.717) is 5.84 Å². The summed E-state index contributed by atoms with van der Waals surface area (Å²) in [6.07, 6.45) is 2.67. The van der Waals surface area contributed by atoms with Crippen molar-refractivity contribution in [3.63, 3.8) is 0 Å². The molecule has 2 aromatic rings. The minimum Gasteiger partial charge on any atom is -0.374 e. The summed E-state index contributed by atoms with van der Waals surface area (Å²) in [5.41, 5.74) is 2.60. The first-order valence-electron chi connectivity index (χ1n) is 6.74. The van der Waals surface area contributed by atoms with Gasteiger partial charge in [-0.3, -0.25) is 5.41 Å². The lowest BCUT2D eigenvalue weighted by atomic mass is 10.1. The predicted octanol–water partition coefficient (Wildman–Crippen LogP) is 3.43. The molecule has 2 rings (SSSR count). The summed E-state index contributed by atoms with van der Waals surface area (Å²) < 4.78 is 0. The average molecular weight is 252 g/mol. The van der Waals surface area contributed by atoms with Crippen molar-refractivity contribution >= 4 is 5.84 Å². The molecule has 0 unspecified atom stereocenters. The number of amidine groups is 1. The Hall–Kier alpha value is -2.09. The molecule has 98 valence electrons. The van der Waals surface area contributed by atoms with Crippen LogP contribution in [0.15, 0.2) is 60.7 Å². The summed E-state index contributed by atoms with van der Waals surface area (Å²) in [6, 6.07) is 20.7. The highest BCUT2D eigenvalue weighted by Gasteiger charge is 1.98. The fraction of sp³-hybridized carbons (Fsp3) is 0.235. The smallest absolute Gasteiger partial charge is 0.0934 e. The van der Waals surface area contributed by atoms with Crippen LogP contribution in [0.3, 0.4) is 0 Å². The molecule has 0 fully saturated rings. The van der Waals surface area contributed by atoms with Gasteiger partial charge >= 0.3 is 0 Å². The lowest BCUT2D eigenvalue weighted by molar-refractivity contribution is 0.830. The Balaban J connectivity index is 1.65. The molecule has 0 radical (unpaired) electrons. The largest absolute Gasteiger partial charge is 0.374 e. The molecule has 19 heavy (non-hydrogen) atoms. The van der Waals surface area contributed by atoms with E-state index in [9.17, 15) is 0 Å². The molecule has 2 N–H and O–H groups in total. The monoisotopic (exact) mass is 252 g/mol. The molecule has 0 aromatic heterocycles. The first kappa shape index (κ1) is 13.3. The molecule has 0 atom stereocenters. The Morgan fingerprint density at radius 1 is 0.789 bits per heavy atom. The van der Waals surface area contributed by atoms with Crippen LogP contribution in [0.1, 0.15) is 17.5 Å². The molecule has 0 spiro atoms. The maximum atomic E-state index is 7.89. The summed E-state index contributed by atoms with van der Waals surface area (Å²) in [5, 5.41) is 11.1. The molecule has 0 aliphatic heterocycles. The van der Waals surface area contributed by atoms with Crippen LogP contribution in [0.2, 0.25) is 0 Å². The maximum Gasteiger partial charge on any atom is 0.0934 e. The van der Waals surface area contributed by atoms with Crippen molar-refractivity contribution in [1.29, 1.82) is 5.41 Å². The molecule has 0 aliphatic rings. The number of hydrogen-bond donors (Lipinski definition) is 2. The first-order chi connectivity index (χ1) is 9.34. The summed E-state index contributed by atoms with van der Waals surface area (Å²) in [5.74, 6) is 0.625. The maximum absolute atomic E-state index is 7.89. The number of aryl methyl sites for hydroxylation is 1. The lowest BCUT2D eigenvalue weighted by Crippen LogP contribution is -2.25. The molecule has 0 saturated heterocycles. The van der Waals surface area contributed by atoms with Crippen molar-refractivity contribution in [2.75, 3.05) is 6.54 Å². The highest BCUT2D eigenvalue weighted by atomic mass is 14.9. The summed E-state index contributed by atoms with van der Waals surface area (Å²) in [4.78, 5) is 0. The Bertz CT molecular complexity index is 491. The third kappa shape index (κ3) is 4.96. The molecular formula is C17H20N2. The second kappa shape index (κ2) is 7.37. The minimum absolute atomic E-state index is 0.625. The molecule has 2 aromatic carbocycles. The van der Waals surface area contributed by atoms with Crippen molar-refractivity contribution in [1.82, 2.24) is 5.32 Å². The highest BCUT2D eigenvalue weighted by Crippen LogP contribution is 2.02. The van der Waals surface area contributed by atoms with E-state index in [2.05, 4.69) is 41.7 Å². The van der Waals surface area contributed by atoms with Gasteiger partial charge in [0.25, 0.3) is 0 Å². The van der Waals surface area contributed by atoms with E-state index in [1.54, 1.807) is 0 Å². The van der Waals surface area contributed by atoms with Gasteiger partial charge in [-0.1, -0.05) is 60.7 Å². The zero-order chi connectivity index (χ0) is 13.3. The molecule has 0 bridgehead atoms. The van der Waals surface area contributed by atoms with E-state index in [1.807, 2.05) is 24.3 Å². The molecule has 0 aliphatic carbocycles. The van der Waals surface area contributed by atoms with E-state index >= 15 is 0 Å². The minimum atomic E-state index is 0.625. The van der Waals surface area contributed by atoms with E-state index in [4.69, 9.17) is 5.41 Å². The fourth-order valence-corrected chi connectivity index (χ4v) is 2.00. The standard InChI is InChI=1S/C17H20N2/c18-17(12-11-15-7-3-1-4-8-15)19-14-13-16-9-5-2-6-10-16/h1-10H,11-14H2,(H2,18,19). The highest BCUT2D eigenvalue weighted by molar-refractivity contribution is 5.79. The van der Waals surface area contributed by atoms with Crippen molar-refractivity contribution in [3.05, 3.63) is 71.8 Å². The Kier molecular flexibility index (Phi) is 5.17. The van der Waals surface area contributed by atoms with Gasteiger partial charge in [-0.2, -0.15) is 0 Å². The predicted molar refractivity (Wildman–Crippen MR) is 80.6 cm³/mol. The molecule has 0 heterocycles. The first-order valence-corrected chi connectivity index (χ1v) is 6.74. The van der Waals surface area contributed by atoms with Crippen LogP contribution in [0.5, 0.6) is 0 Å². The van der Waals surface area contributed by atoms with Gasteiger partial charge in [0.15, 0.2) is 0 Å². The van der Waals surface area contributed by atoms with Gasteiger partial charge in [-0.05, 0) is 24.0 Å². The number of benzene rings is 2. The topological polar surface area (TPSA) is 35.9 Å². The van der Waals surface area contributed by atoms with Crippen LogP contribution >= 0.6 is 0 Å². The molecule has 0 amide bonds. The molecule has 2 nitrogen and oxygen atoms in total. The summed E-state index contributed by atoms with van der Waals surface area (Å²) >= 11 is 0. The zero-order valence-corrected chi connectivity index (χ0v) is 11.1. The fourth-order valence-electron chi connectivity index (χ4n) is 2.00. The number of nitrogens with one attached hydrogen (secondary N) is 2. The Labute approximate surface area is 115 Å². The number of hydrogen-bond acceptors (Lipinski definition) is 1. The SMILES string of the molecule is N=C(CCc1ccccc1)NCCc1ccccc1. The van der Waals surface area contributed by atoms with Gasteiger partial charge in [0.2, 0.25) is 0 Å². The Morgan fingerprint density at radius 3 is 1.89 bits per heavy atom. The normalized spacial score (nSPS) is 10.1. The van der Waals surface area contributed by atoms with Crippen LogP contribution in [0.25, 0.3) is 0 Å². The third-order valence-electron chi connectivity index (χ3n) is 3.10. The van der Waals surface area contributed by atoms with E-state index in [0.717, 1.165) is 25.8 Å². The van der Waals surface area contributed by atoms with Gasteiger partial charge in [0.05, 0.1) is 5.84 Å². The van der Waals surface area contributed by atoms with Crippen LogP contribution < -0.4 is 5.32 Å². The van der Waals surface area contributed by atoms with Crippen LogP contribution in [0.4, 0.5) is 0 Å². The van der Waals surface area contributed by atoms with Crippen LogP contribution in [0, 0.1) is 5.41 Å². The quantitative estimate of drug-likeness (QED) is 0.599. The van der Waals surface area contributed by atoms with Crippen molar-refractivity contribution in [2.24, 2.45) is 0 Å². The van der Waals surface area contributed by atoms with Crippen molar-refractivity contribution < 1.29 is 0 Å². The zero-order valence-electron chi connectivity index (χ0n) is 11.1. The lowest BCUT2D eigenvalue weighted by Gasteiger charge is -2.08. The third-order valence-corrected chi connectivity index (χ3v) is 3.10. The van der Waals surface area contributed by atoms with Gasteiger partial charge in [0.1, 0.15) is 0 Å². The number of rotatable bonds is 6. The second-order valence-electron chi connectivity index (χ2n) is 4.63. The molecule has 2 heteroatoms. The average Bonchev–Trinajstić information content (AvgIpc) is 2.47. The van der Waals surface area contributed by atoms with Gasteiger partial charge < -0.3 is 5.32 Å². The van der Waals surface area contributed by atoms with Crippen LogP contribution in [-0.2, 0) is 12.8 Å². The molecule has 0 saturated carbocycles. The molecular weight excluding hydrogens is 232 g/mol. The van der Waals surface area contributed by atoms with E-state index in [-0.39, 0.29) is 0 Å². The summed E-state index contributed by atoms with van der Waals surface area (Å²) in [7, 11) is 0. The second-order valence-corrected chi connectivity index (χ2v) is 4.63. The van der Waals surface area contributed by atoms with Gasteiger partial charge in [-0.25, -0.2) is 0 Å². The van der Waals surface area contributed by atoms with E-state index in [1.165, 1.54) is 11.1 Å². The van der Waals surface area contributed by atoms with Gasteiger partial charge in [0, 0.05) is 13.0 Å². The van der Waals surface area contributed by atoms with Crippen LogP contribution in [-0.4, -0.2) is 12.4 Å². The van der Waals surface area contributed by atoms with E-state index < -0.39 is 0 Å². The van der Waals surface area contributed by atoms with Crippen molar-refractivity contribution in [3.8, 4) is 0 Å². The summed E-state index contributed by atoms with van der Waals surface area (Å²) in [6.45, 7) is 0.831. The Morgan fingerprint density at radius 2 is 1.32 bits per heavy atom.